The van der Waals surface area contributed by atoms with Crippen LogP contribution in [0.1, 0.15) is 19.9 Å². The second-order valence-corrected chi connectivity index (χ2v) is 12.0. The Morgan fingerprint density at radius 3 is 2.58 bits per heavy atom. The lowest BCUT2D eigenvalue weighted by Crippen LogP contribution is -2.34. The van der Waals surface area contributed by atoms with Crippen LogP contribution in [0.15, 0.2) is 55.0 Å². The third-order valence-corrected chi connectivity index (χ3v) is 6.87. The maximum Gasteiger partial charge on any atom is 0.189 e. The number of hydrogen-bond acceptors (Lipinski definition) is 11. The quantitative estimate of drug-likeness (QED) is 0.254. The Labute approximate surface area is 247 Å². The summed E-state index contributed by atoms with van der Waals surface area (Å²) in [5.41, 5.74) is 4.67. The van der Waals surface area contributed by atoms with Gasteiger partial charge in [-0.1, -0.05) is 63.4 Å². The summed E-state index contributed by atoms with van der Waals surface area (Å²) in [6.07, 6.45) is 4.24. The number of nitrogens with zero attached hydrogens (tertiary/aromatic N) is 9. The smallest absolute Gasteiger partial charge is 0.189 e. The van der Waals surface area contributed by atoms with Crippen LogP contribution in [0, 0.1) is 0 Å². The molecule has 12 nitrogen and oxygen atoms in total. The van der Waals surface area contributed by atoms with Gasteiger partial charge in [-0.2, -0.15) is 8.75 Å². The number of aromatic nitrogens is 9. The summed E-state index contributed by atoms with van der Waals surface area (Å²) >= 11 is 15.6. The van der Waals surface area contributed by atoms with Crippen molar-refractivity contribution in [3.8, 4) is 22.6 Å². The number of halogens is 3. The van der Waals surface area contributed by atoms with Crippen LogP contribution in [0.2, 0.25) is 0 Å². The monoisotopic (exact) mass is 621 g/mol. The first kappa shape index (κ1) is 27.4. The molecular formula is C24H22Cl3N9O3S. The highest BCUT2D eigenvalue weighted by Gasteiger charge is 2.56. The number of hydrogen-bond donors (Lipinski definition) is 0. The molecule has 0 amide bonds. The highest BCUT2D eigenvalue weighted by atomic mass is 35.6. The summed E-state index contributed by atoms with van der Waals surface area (Å²) in [4.78, 5) is 4.38. The lowest BCUT2D eigenvalue weighted by Gasteiger charge is -2.25. The Bertz CT molecular complexity index is 1590. The van der Waals surface area contributed by atoms with Crippen LogP contribution >= 0.6 is 46.5 Å². The van der Waals surface area contributed by atoms with Crippen molar-refractivity contribution in [3.63, 3.8) is 0 Å². The highest BCUT2D eigenvalue weighted by Crippen LogP contribution is 2.43. The zero-order chi connectivity index (χ0) is 27.9. The first-order chi connectivity index (χ1) is 19.3. The Kier molecular flexibility index (Phi) is 7.70. The van der Waals surface area contributed by atoms with E-state index in [1.807, 2.05) is 62.6 Å². The van der Waals surface area contributed by atoms with Crippen molar-refractivity contribution in [2.45, 2.75) is 55.0 Å². The standard InChI is InChI=1S/C23H21N9O3S.CHCl3/c1-23(2)34-21-20(32-11-17(26-30-32)14-7-3-4-9-24-14)18(33-22(21)35-23)12-31-10-16(25-29-31)13-6-5-8-15-19(13)28-36-27-15;2-1(3)4/h3-11,18,20-22H,12H2,1-2H3;1H/t18-,20-,21-,22-;/m1./s1. The second-order valence-electron chi connectivity index (χ2n) is 9.44. The molecule has 0 spiro atoms. The van der Waals surface area contributed by atoms with Gasteiger partial charge in [-0.05, 0) is 32.0 Å². The van der Waals surface area contributed by atoms with Gasteiger partial charge in [0.05, 0.1) is 36.4 Å². The van der Waals surface area contributed by atoms with Gasteiger partial charge in [-0.15, -0.1) is 10.2 Å². The largest absolute Gasteiger partial charge is 0.342 e. The molecular weight excluding hydrogens is 601 g/mol. The Morgan fingerprint density at radius 2 is 1.77 bits per heavy atom. The van der Waals surface area contributed by atoms with Crippen LogP contribution in [0.5, 0.6) is 0 Å². The number of benzene rings is 1. The van der Waals surface area contributed by atoms with Crippen molar-refractivity contribution in [1.29, 1.82) is 0 Å². The molecule has 0 saturated carbocycles. The maximum atomic E-state index is 6.32. The molecule has 0 aliphatic carbocycles. The fraction of sp³-hybridized carbons (Fsp3) is 0.375. The van der Waals surface area contributed by atoms with Crippen molar-refractivity contribution in [2.75, 3.05) is 0 Å². The topological polar surface area (TPSA) is 128 Å². The fourth-order valence-corrected chi connectivity index (χ4v) is 5.34. The van der Waals surface area contributed by atoms with Crippen LogP contribution in [-0.4, -0.2) is 72.3 Å². The van der Waals surface area contributed by atoms with Gasteiger partial charge < -0.3 is 14.2 Å². The lowest BCUT2D eigenvalue weighted by molar-refractivity contribution is -0.210. The van der Waals surface area contributed by atoms with Gasteiger partial charge >= 0.3 is 0 Å². The zero-order valence-corrected chi connectivity index (χ0v) is 24.2. The first-order valence-electron chi connectivity index (χ1n) is 12.2. The van der Waals surface area contributed by atoms with E-state index in [4.69, 9.17) is 49.0 Å². The summed E-state index contributed by atoms with van der Waals surface area (Å²) in [7, 11) is 0. The highest BCUT2D eigenvalue weighted by molar-refractivity contribution is 7.00. The van der Waals surface area contributed by atoms with Crippen molar-refractivity contribution < 1.29 is 14.2 Å². The van der Waals surface area contributed by atoms with E-state index in [1.54, 1.807) is 15.6 Å². The predicted molar refractivity (Wildman–Crippen MR) is 149 cm³/mol. The van der Waals surface area contributed by atoms with Gasteiger partial charge in [0, 0.05) is 11.8 Å². The molecule has 7 rings (SSSR count). The predicted octanol–water partition coefficient (Wildman–Crippen LogP) is 4.71. The molecule has 0 unspecified atom stereocenters. The number of fused-ring (bicyclic) bond motifs is 2. The number of alkyl halides is 3. The minimum absolute atomic E-state index is 0.291. The maximum absolute atomic E-state index is 6.32. The zero-order valence-electron chi connectivity index (χ0n) is 21.1. The van der Waals surface area contributed by atoms with E-state index in [1.165, 1.54) is 11.7 Å². The van der Waals surface area contributed by atoms with Gasteiger partial charge in [0.1, 0.15) is 40.7 Å². The van der Waals surface area contributed by atoms with Crippen molar-refractivity contribution in [3.05, 3.63) is 55.0 Å². The van der Waals surface area contributed by atoms with Gasteiger partial charge in [-0.25, -0.2) is 9.36 Å². The van der Waals surface area contributed by atoms with Gasteiger partial charge in [0.25, 0.3) is 0 Å². The molecule has 1 aromatic carbocycles. The average molecular weight is 623 g/mol. The second kappa shape index (κ2) is 11.2. The minimum atomic E-state index is -0.760. The van der Waals surface area contributed by atoms with E-state index in [2.05, 4.69) is 34.4 Å². The molecule has 0 bridgehead atoms. The van der Waals surface area contributed by atoms with E-state index in [9.17, 15) is 0 Å². The summed E-state index contributed by atoms with van der Waals surface area (Å²) in [5.74, 6) is -0.760. The number of rotatable bonds is 5. The third kappa shape index (κ3) is 5.68. The lowest BCUT2D eigenvalue weighted by atomic mass is 10.1. The van der Waals surface area contributed by atoms with Gasteiger partial charge in [0.15, 0.2) is 16.4 Å². The van der Waals surface area contributed by atoms with E-state index in [-0.39, 0.29) is 18.2 Å². The summed E-state index contributed by atoms with van der Waals surface area (Å²) in [5, 5.41) is 17.5. The third-order valence-electron chi connectivity index (χ3n) is 6.33. The number of ether oxygens (including phenoxy) is 3. The van der Waals surface area contributed by atoms with Crippen LogP contribution in [0.25, 0.3) is 33.7 Å². The molecule has 2 aliphatic rings. The molecule has 2 saturated heterocycles. The number of pyridine rings is 1. The summed E-state index contributed by atoms with van der Waals surface area (Å²) in [6.45, 7) is 4.17. The van der Waals surface area contributed by atoms with Crippen LogP contribution in [0.4, 0.5) is 0 Å². The molecule has 2 fully saturated rings. The molecule has 5 aromatic rings. The van der Waals surface area contributed by atoms with E-state index < -0.39 is 16.4 Å². The molecule has 0 N–H and O–H groups in total. The first-order valence-corrected chi connectivity index (χ1v) is 14.2. The van der Waals surface area contributed by atoms with Gasteiger partial charge in [0.2, 0.25) is 0 Å². The molecule has 0 radical (unpaired) electrons. The SMILES string of the molecule is CC1(C)O[C@H]2O[C@H](Cn3cc(-c4cccc5nsnc45)nn3)[C@@H](n3cc(-c4ccccn4)nn3)[C@H]2O1.ClC(Cl)Cl. The average Bonchev–Trinajstić information content (AvgIpc) is 3.73. The normalized spacial score (nSPS) is 23.4. The molecule has 208 valence electrons. The minimum Gasteiger partial charge on any atom is -0.342 e. The molecule has 2 aliphatic heterocycles. The summed E-state index contributed by atoms with van der Waals surface area (Å²) < 4.78 is 30.1. The summed E-state index contributed by atoms with van der Waals surface area (Å²) in [6, 6.07) is 11.2. The molecule has 4 aromatic heterocycles. The van der Waals surface area contributed by atoms with E-state index in [0.717, 1.165) is 28.0 Å². The van der Waals surface area contributed by atoms with Crippen molar-refractivity contribution in [2.24, 2.45) is 0 Å². The van der Waals surface area contributed by atoms with Crippen molar-refractivity contribution in [1.82, 2.24) is 43.7 Å². The van der Waals surface area contributed by atoms with Gasteiger partial charge in [-0.3, -0.25) is 4.98 Å². The molecule has 40 heavy (non-hydrogen) atoms. The Morgan fingerprint density at radius 1 is 0.950 bits per heavy atom. The molecule has 6 heterocycles. The van der Waals surface area contributed by atoms with Crippen LogP contribution in [0.3, 0.4) is 0 Å². The van der Waals surface area contributed by atoms with Crippen LogP contribution < -0.4 is 0 Å². The Hall–Kier alpha value is -2.78. The van der Waals surface area contributed by atoms with Crippen LogP contribution in [-0.2, 0) is 20.8 Å². The van der Waals surface area contributed by atoms with Crippen molar-refractivity contribution >= 4 is 57.6 Å². The molecule has 16 heteroatoms. The molecule has 4 atom stereocenters. The Balaban J connectivity index is 0.000000680. The van der Waals surface area contributed by atoms with E-state index >= 15 is 0 Å². The fourth-order valence-electron chi connectivity index (χ4n) is 4.79. The van der Waals surface area contributed by atoms with E-state index in [0.29, 0.717) is 12.2 Å².